The van der Waals surface area contributed by atoms with E-state index in [9.17, 15) is 14.9 Å². The number of nitro groups is 1. The quantitative estimate of drug-likeness (QED) is 0.299. The summed E-state index contributed by atoms with van der Waals surface area (Å²) in [5, 5.41) is 20.1. The maximum atomic E-state index is 13.1. The highest BCUT2D eigenvalue weighted by Crippen LogP contribution is 2.31. The van der Waals surface area contributed by atoms with Crippen molar-refractivity contribution in [2.24, 2.45) is 0 Å². The van der Waals surface area contributed by atoms with E-state index in [1.165, 1.54) is 23.9 Å². The molecule has 10 heteroatoms. The van der Waals surface area contributed by atoms with E-state index in [0.29, 0.717) is 16.5 Å². The molecule has 1 saturated heterocycles. The Morgan fingerprint density at radius 1 is 1.06 bits per heavy atom. The van der Waals surface area contributed by atoms with E-state index >= 15 is 0 Å². The largest absolute Gasteiger partial charge is 0.339 e. The van der Waals surface area contributed by atoms with E-state index < -0.39 is 4.92 Å². The summed E-state index contributed by atoms with van der Waals surface area (Å²) < 4.78 is 1.89. The second-order valence-electron chi connectivity index (χ2n) is 7.80. The van der Waals surface area contributed by atoms with Gasteiger partial charge in [0.1, 0.15) is 0 Å². The molecule has 9 nitrogen and oxygen atoms in total. The van der Waals surface area contributed by atoms with Gasteiger partial charge in [-0.15, -0.1) is 10.2 Å². The van der Waals surface area contributed by atoms with Gasteiger partial charge in [0.2, 0.25) is 5.91 Å². The van der Waals surface area contributed by atoms with Crippen LogP contribution in [0.15, 0.2) is 59.8 Å². The lowest BCUT2D eigenvalue weighted by Gasteiger charge is -2.35. The zero-order valence-electron chi connectivity index (χ0n) is 18.6. The van der Waals surface area contributed by atoms with Crippen molar-refractivity contribution in [2.45, 2.75) is 24.3 Å². The van der Waals surface area contributed by atoms with Crippen LogP contribution >= 0.6 is 11.8 Å². The van der Waals surface area contributed by atoms with Gasteiger partial charge in [-0.2, -0.15) is 0 Å². The summed E-state index contributed by atoms with van der Waals surface area (Å²) >= 11 is 1.37. The molecular weight excluding hydrogens is 440 g/mol. The summed E-state index contributed by atoms with van der Waals surface area (Å²) in [6.45, 7) is 8.28. The number of non-ortho nitro benzene ring substituents is 1. The summed E-state index contributed by atoms with van der Waals surface area (Å²) in [6, 6.07) is 15.9. The van der Waals surface area contributed by atoms with Gasteiger partial charge in [0.25, 0.3) is 5.69 Å². The number of nitrogens with zero attached hydrogens (tertiary/aromatic N) is 6. The molecule has 3 aromatic rings. The standard InChI is InChI=1S/C23H26N6O3S/c1-3-26-13-15-27(16-14-26)22(30)17(2)33-23-25-24-21(28(23)19-7-5-4-6-8-19)18-9-11-20(12-10-18)29(31)32/h4-12,17H,3,13-16H2,1-2H3/t17-/m0/s1. The molecular formula is C23H26N6O3S. The minimum atomic E-state index is -0.430. The van der Waals surface area contributed by atoms with Crippen molar-refractivity contribution in [2.75, 3.05) is 32.7 Å². The van der Waals surface area contributed by atoms with Gasteiger partial charge in [-0.1, -0.05) is 36.9 Å². The number of carbonyl (C=O) groups is 1. The molecule has 1 aliphatic heterocycles. The number of benzene rings is 2. The number of hydrogen-bond donors (Lipinski definition) is 0. The zero-order valence-corrected chi connectivity index (χ0v) is 19.4. The van der Waals surface area contributed by atoms with Crippen LogP contribution in [-0.4, -0.2) is 73.4 Å². The fourth-order valence-electron chi connectivity index (χ4n) is 3.83. The Balaban J connectivity index is 1.60. The molecule has 4 rings (SSSR count). The van der Waals surface area contributed by atoms with Crippen LogP contribution in [0.3, 0.4) is 0 Å². The van der Waals surface area contributed by atoms with Crippen LogP contribution in [0.25, 0.3) is 17.1 Å². The van der Waals surface area contributed by atoms with Crippen LogP contribution in [0.5, 0.6) is 0 Å². The molecule has 1 atom stereocenters. The molecule has 2 heterocycles. The monoisotopic (exact) mass is 466 g/mol. The van der Waals surface area contributed by atoms with Gasteiger partial charge < -0.3 is 9.80 Å². The topological polar surface area (TPSA) is 97.4 Å². The van der Waals surface area contributed by atoms with Crippen LogP contribution in [0.2, 0.25) is 0 Å². The van der Waals surface area contributed by atoms with Crippen molar-refractivity contribution in [3.8, 4) is 17.1 Å². The van der Waals surface area contributed by atoms with Crippen LogP contribution in [0.4, 0.5) is 5.69 Å². The number of hydrogen-bond acceptors (Lipinski definition) is 7. The van der Waals surface area contributed by atoms with E-state index in [4.69, 9.17) is 0 Å². The molecule has 33 heavy (non-hydrogen) atoms. The second kappa shape index (κ2) is 10.1. The molecule has 1 fully saturated rings. The van der Waals surface area contributed by atoms with Crippen molar-refractivity contribution in [3.05, 3.63) is 64.7 Å². The second-order valence-corrected chi connectivity index (χ2v) is 9.11. The fraction of sp³-hybridized carbons (Fsp3) is 0.348. The maximum Gasteiger partial charge on any atom is 0.269 e. The number of aromatic nitrogens is 3. The summed E-state index contributed by atoms with van der Waals surface area (Å²) in [6.07, 6.45) is 0. The Hall–Kier alpha value is -3.24. The molecule has 0 bridgehead atoms. The molecule has 0 aliphatic carbocycles. The average molecular weight is 467 g/mol. The molecule has 0 N–H and O–H groups in total. The van der Waals surface area contributed by atoms with E-state index in [2.05, 4.69) is 22.0 Å². The van der Waals surface area contributed by atoms with Gasteiger partial charge in [0, 0.05) is 49.6 Å². The summed E-state index contributed by atoms with van der Waals surface area (Å²) in [5.74, 6) is 0.657. The first-order chi connectivity index (χ1) is 16.0. The molecule has 0 spiro atoms. The third kappa shape index (κ3) is 5.07. The first kappa shape index (κ1) is 22.9. The van der Waals surface area contributed by atoms with E-state index in [-0.39, 0.29) is 16.8 Å². The van der Waals surface area contributed by atoms with Crippen LogP contribution in [0, 0.1) is 10.1 Å². The van der Waals surface area contributed by atoms with Crippen LogP contribution < -0.4 is 0 Å². The first-order valence-corrected chi connectivity index (χ1v) is 11.8. The van der Waals surface area contributed by atoms with Gasteiger partial charge in [0.05, 0.1) is 10.2 Å². The van der Waals surface area contributed by atoms with Gasteiger partial charge in [-0.3, -0.25) is 19.5 Å². The fourth-order valence-corrected chi connectivity index (χ4v) is 4.78. The van der Waals surface area contributed by atoms with E-state index in [1.54, 1.807) is 12.1 Å². The number of nitro benzene ring substituents is 1. The van der Waals surface area contributed by atoms with Crippen molar-refractivity contribution in [1.29, 1.82) is 0 Å². The molecule has 1 amide bonds. The normalized spacial score (nSPS) is 15.4. The summed E-state index contributed by atoms with van der Waals surface area (Å²) in [5.41, 5.74) is 1.58. The third-order valence-electron chi connectivity index (χ3n) is 5.75. The number of likely N-dealkylation sites (N-methyl/N-ethyl adjacent to an activating group) is 1. The van der Waals surface area contributed by atoms with Crippen LogP contribution in [0.1, 0.15) is 13.8 Å². The Bertz CT molecular complexity index is 1110. The van der Waals surface area contributed by atoms with Gasteiger partial charge >= 0.3 is 0 Å². The molecule has 0 radical (unpaired) electrons. The Morgan fingerprint density at radius 3 is 2.33 bits per heavy atom. The average Bonchev–Trinajstić information content (AvgIpc) is 3.27. The number of amides is 1. The summed E-state index contributed by atoms with van der Waals surface area (Å²) in [7, 11) is 0. The van der Waals surface area contributed by atoms with Gasteiger partial charge in [-0.25, -0.2) is 0 Å². The molecule has 1 aliphatic rings. The van der Waals surface area contributed by atoms with Gasteiger partial charge in [0.15, 0.2) is 11.0 Å². The van der Waals surface area contributed by atoms with Crippen molar-refractivity contribution < 1.29 is 9.72 Å². The number of thioether (sulfide) groups is 1. The van der Waals surface area contributed by atoms with E-state index in [1.807, 2.05) is 46.7 Å². The molecule has 0 saturated carbocycles. The Kier molecular flexibility index (Phi) is 7.05. The Labute approximate surface area is 196 Å². The number of rotatable bonds is 7. The third-order valence-corrected chi connectivity index (χ3v) is 6.78. The van der Waals surface area contributed by atoms with Crippen LogP contribution in [-0.2, 0) is 4.79 Å². The molecule has 172 valence electrons. The van der Waals surface area contributed by atoms with Crippen molar-refractivity contribution in [1.82, 2.24) is 24.6 Å². The zero-order chi connectivity index (χ0) is 23.4. The molecule has 0 unspecified atom stereocenters. The smallest absolute Gasteiger partial charge is 0.269 e. The predicted molar refractivity (Wildman–Crippen MR) is 127 cm³/mol. The van der Waals surface area contributed by atoms with Crippen molar-refractivity contribution in [3.63, 3.8) is 0 Å². The highest BCUT2D eigenvalue weighted by Gasteiger charge is 2.27. The number of piperazine rings is 1. The van der Waals surface area contributed by atoms with E-state index in [0.717, 1.165) is 38.4 Å². The molecule has 2 aromatic carbocycles. The first-order valence-electron chi connectivity index (χ1n) is 10.9. The van der Waals surface area contributed by atoms with Crippen molar-refractivity contribution >= 4 is 23.4 Å². The predicted octanol–water partition coefficient (Wildman–Crippen LogP) is 3.49. The number of carbonyl (C=O) groups excluding carboxylic acids is 1. The number of para-hydroxylation sites is 1. The maximum absolute atomic E-state index is 13.1. The highest BCUT2D eigenvalue weighted by atomic mass is 32.2. The lowest BCUT2D eigenvalue weighted by atomic mass is 10.2. The summed E-state index contributed by atoms with van der Waals surface area (Å²) in [4.78, 5) is 27.9. The lowest BCUT2D eigenvalue weighted by molar-refractivity contribution is -0.384. The van der Waals surface area contributed by atoms with Gasteiger partial charge in [-0.05, 0) is 37.7 Å². The molecule has 1 aromatic heterocycles. The Morgan fingerprint density at radius 2 is 1.73 bits per heavy atom. The minimum absolute atomic E-state index is 0.0153. The SMILES string of the molecule is CCN1CCN(C(=O)[C@H](C)Sc2nnc(-c3ccc([N+](=O)[O-])cc3)n2-c2ccccc2)CC1. The minimum Gasteiger partial charge on any atom is -0.339 e. The lowest BCUT2D eigenvalue weighted by Crippen LogP contribution is -2.50. The highest BCUT2D eigenvalue weighted by molar-refractivity contribution is 8.00.